The van der Waals surface area contributed by atoms with Gasteiger partial charge in [-0.15, -0.1) is 0 Å². The highest BCUT2D eigenvalue weighted by molar-refractivity contribution is 5.80. The summed E-state index contributed by atoms with van der Waals surface area (Å²) in [7, 11) is 0. The fourth-order valence-electron chi connectivity index (χ4n) is 7.61. The molecule has 1 aliphatic heterocycles. The summed E-state index contributed by atoms with van der Waals surface area (Å²) in [5.74, 6) is -1.27. The molecule has 11 nitrogen and oxygen atoms in total. The molecular formula is C58H95NO10. The predicted octanol–water partition coefficient (Wildman–Crippen LogP) is 11.4. The van der Waals surface area contributed by atoms with Crippen LogP contribution in [0.3, 0.4) is 0 Å². The van der Waals surface area contributed by atoms with Crippen LogP contribution < -0.4 is 5.32 Å². The Morgan fingerprint density at radius 3 is 1.57 bits per heavy atom. The van der Waals surface area contributed by atoms with E-state index in [1.807, 2.05) is 79.0 Å². The van der Waals surface area contributed by atoms with Gasteiger partial charge in [-0.05, 0) is 64.2 Å². The van der Waals surface area contributed by atoms with Gasteiger partial charge >= 0.3 is 5.97 Å². The zero-order valence-corrected chi connectivity index (χ0v) is 42.9. The van der Waals surface area contributed by atoms with E-state index in [1.165, 1.54) is 51.4 Å². The highest BCUT2D eigenvalue weighted by Gasteiger charge is 2.47. The minimum atomic E-state index is -1.64. The van der Waals surface area contributed by atoms with Gasteiger partial charge in [0.1, 0.15) is 24.4 Å². The lowest BCUT2D eigenvalue weighted by molar-refractivity contribution is -0.305. The van der Waals surface area contributed by atoms with Crippen LogP contribution in [0.1, 0.15) is 181 Å². The molecule has 69 heavy (non-hydrogen) atoms. The molecule has 8 atom stereocenters. The maximum absolute atomic E-state index is 13.3. The summed E-state index contributed by atoms with van der Waals surface area (Å²) in [4.78, 5) is 26.4. The molecule has 1 saturated heterocycles. The van der Waals surface area contributed by atoms with Gasteiger partial charge in [0.05, 0.1) is 25.4 Å². The number of carbonyl (C=O) groups excluding carboxylic acids is 2. The Morgan fingerprint density at radius 2 is 1.04 bits per heavy atom. The van der Waals surface area contributed by atoms with Gasteiger partial charge in [0.25, 0.3) is 0 Å². The number of hydrogen-bond donors (Lipinski definition) is 6. The smallest absolute Gasteiger partial charge is 0.306 e. The molecule has 0 aromatic heterocycles. The normalized spacial score (nSPS) is 20.7. The molecule has 0 aromatic carbocycles. The first-order valence-corrected chi connectivity index (χ1v) is 26.8. The van der Waals surface area contributed by atoms with Gasteiger partial charge in [-0.1, -0.05) is 220 Å². The summed E-state index contributed by atoms with van der Waals surface area (Å²) in [6.45, 7) is 5.43. The van der Waals surface area contributed by atoms with Crippen LogP contribution >= 0.6 is 0 Å². The second kappa shape index (κ2) is 45.5. The van der Waals surface area contributed by atoms with E-state index in [9.17, 15) is 35.1 Å². The van der Waals surface area contributed by atoms with Gasteiger partial charge < -0.3 is 45.1 Å². The van der Waals surface area contributed by atoms with Crippen LogP contribution in [0.15, 0.2) is 109 Å². The molecule has 0 spiro atoms. The van der Waals surface area contributed by atoms with Gasteiger partial charge in [-0.2, -0.15) is 0 Å². The highest BCUT2D eigenvalue weighted by Crippen LogP contribution is 2.26. The first-order valence-electron chi connectivity index (χ1n) is 26.8. The zero-order valence-electron chi connectivity index (χ0n) is 42.9. The molecule has 8 unspecified atom stereocenters. The molecule has 0 aromatic rings. The molecule has 1 amide bonds. The minimum absolute atomic E-state index is 0.0654. The molecular weight excluding hydrogens is 871 g/mol. The largest absolute Gasteiger partial charge is 0.454 e. The van der Waals surface area contributed by atoms with Crippen molar-refractivity contribution in [1.82, 2.24) is 5.32 Å². The summed E-state index contributed by atoms with van der Waals surface area (Å²) in [6.07, 6.45) is 49.9. The first-order chi connectivity index (χ1) is 33.7. The summed E-state index contributed by atoms with van der Waals surface area (Å²) in [5, 5.41) is 56.6. The second-order valence-electron chi connectivity index (χ2n) is 18.0. The van der Waals surface area contributed by atoms with Crippen LogP contribution in [-0.4, -0.2) is 99.6 Å². The molecule has 1 aliphatic rings. The monoisotopic (exact) mass is 966 g/mol. The minimum Gasteiger partial charge on any atom is -0.454 e. The first kappa shape index (κ1) is 63.3. The van der Waals surface area contributed by atoms with Crippen molar-refractivity contribution in [3.05, 3.63) is 109 Å². The van der Waals surface area contributed by atoms with E-state index in [-0.39, 0.29) is 19.4 Å². The van der Waals surface area contributed by atoms with Crippen LogP contribution in [0.5, 0.6) is 0 Å². The summed E-state index contributed by atoms with van der Waals surface area (Å²) in [5.41, 5.74) is 0. The summed E-state index contributed by atoms with van der Waals surface area (Å²) in [6, 6.07) is -1.05. The molecule has 1 fully saturated rings. The molecule has 6 N–H and O–H groups in total. The van der Waals surface area contributed by atoms with Gasteiger partial charge in [-0.3, -0.25) is 9.59 Å². The molecule has 0 aliphatic carbocycles. The van der Waals surface area contributed by atoms with E-state index in [0.717, 1.165) is 83.5 Å². The van der Waals surface area contributed by atoms with Crippen molar-refractivity contribution in [2.45, 2.75) is 230 Å². The standard InChI is InChI=1S/C58H95NO10/c1-4-7-10-13-16-19-22-25-26-28-31-34-37-40-43-46-53(63)69-56-55(65)54(64)52(47-60)68-58(56)67-48-49(50(61)44-41-38-35-32-30-27-23-20-17-14-11-8-5-2)59-57(66)51(62)45-42-39-36-33-29-24-21-18-15-12-9-6-3/h7,9-10,12-13,15-16,18-19,21-22,24-26,28,31,41,44,49-52,54-56,58,60-62,64-65H,4-6,8,11,14,17,20,23,27,29-30,32-40,42-43,45-48H2,1-3H3,(H,59,66)/b10-7+,12-9+,16-13+,18-15+,22-19-,24-21-,26-25-,31-28+,44-41+. The Morgan fingerprint density at radius 1 is 0.580 bits per heavy atom. The molecule has 1 heterocycles. The van der Waals surface area contributed by atoms with Crippen molar-refractivity contribution in [3.8, 4) is 0 Å². The van der Waals surface area contributed by atoms with Crippen LogP contribution in [-0.2, 0) is 23.8 Å². The fourth-order valence-corrected chi connectivity index (χ4v) is 7.61. The number of aliphatic hydroxyl groups excluding tert-OH is 5. The summed E-state index contributed by atoms with van der Waals surface area (Å²) < 4.78 is 17.5. The van der Waals surface area contributed by atoms with Crippen molar-refractivity contribution >= 4 is 11.9 Å². The van der Waals surface area contributed by atoms with E-state index < -0.39 is 67.4 Å². The van der Waals surface area contributed by atoms with Crippen LogP contribution in [0, 0.1) is 0 Å². The highest BCUT2D eigenvalue weighted by atomic mass is 16.7. The van der Waals surface area contributed by atoms with Gasteiger partial charge in [0, 0.05) is 6.42 Å². The Balaban J connectivity index is 2.83. The third-order valence-electron chi connectivity index (χ3n) is 11.9. The fraction of sp³-hybridized carbons (Fsp3) is 0.655. The zero-order chi connectivity index (χ0) is 50.4. The van der Waals surface area contributed by atoms with Gasteiger partial charge in [0.15, 0.2) is 12.4 Å². The predicted molar refractivity (Wildman–Crippen MR) is 282 cm³/mol. The van der Waals surface area contributed by atoms with E-state index in [4.69, 9.17) is 14.2 Å². The molecule has 0 radical (unpaired) electrons. The Hall–Kier alpha value is -3.68. The Labute approximate surface area is 418 Å². The van der Waals surface area contributed by atoms with Crippen LogP contribution in [0.25, 0.3) is 0 Å². The third-order valence-corrected chi connectivity index (χ3v) is 11.9. The van der Waals surface area contributed by atoms with Crippen LogP contribution in [0.2, 0.25) is 0 Å². The van der Waals surface area contributed by atoms with E-state index >= 15 is 0 Å². The number of rotatable bonds is 42. The lowest BCUT2D eigenvalue weighted by atomic mass is 9.99. The number of esters is 1. The number of ether oxygens (including phenoxy) is 3. The second-order valence-corrected chi connectivity index (χ2v) is 18.0. The van der Waals surface area contributed by atoms with Crippen molar-refractivity contribution in [2.24, 2.45) is 0 Å². The van der Waals surface area contributed by atoms with Crippen molar-refractivity contribution in [2.75, 3.05) is 13.2 Å². The maximum Gasteiger partial charge on any atom is 0.306 e. The van der Waals surface area contributed by atoms with Crippen molar-refractivity contribution in [1.29, 1.82) is 0 Å². The molecule has 1 rings (SSSR count). The topological polar surface area (TPSA) is 175 Å². The van der Waals surface area contributed by atoms with E-state index in [0.29, 0.717) is 12.8 Å². The number of carbonyl (C=O) groups is 2. The lowest BCUT2D eigenvalue weighted by Gasteiger charge is -2.41. The Bertz CT molecular complexity index is 1530. The lowest BCUT2D eigenvalue weighted by Crippen LogP contribution is -2.61. The van der Waals surface area contributed by atoms with Crippen molar-refractivity contribution < 1.29 is 49.3 Å². The number of aliphatic hydroxyl groups is 5. The van der Waals surface area contributed by atoms with Gasteiger partial charge in [-0.25, -0.2) is 0 Å². The molecule has 0 saturated carbocycles. The number of unbranched alkanes of at least 4 members (excludes halogenated alkanes) is 18. The van der Waals surface area contributed by atoms with Crippen LogP contribution in [0.4, 0.5) is 0 Å². The number of amides is 1. The Kier molecular flexibility index (Phi) is 41.7. The quantitative estimate of drug-likeness (QED) is 0.0149. The van der Waals surface area contributed by atoms with Gasteiger partial charge in [0.2, 0.25) is 5.91 Å². The van der Waals surface area contributed by atoms with Crippen molar-refractivity contribution in [3.63, 3.8) is 0 Å². The molecule has 11 heteroatoms. The summed E-state index contributed by atoms with van der Waals surface area (Å²) >= 11 is 0. The number of hydrogen-bond acceptors (Lipinski definition) is 10. The molecule has 392 valence electrons. The average molecular weight is 966 g/mol. The average Bonchev–Trinajstić information content (AvgIpc) is 3.34. The SMILES string of the molecule is CC/C=C/C=C/C=C\C=C/C=C/CCCCCC(=O)OC1C(OCC(NC(=O)C(O)CCCCCC\C=C/C=C/C=C/CC)C(O)/C=C/CCCCCCCCCCCCC)OC(CO)C(O)C1O. The van der Waals surface area contributed by atoms with E-state index in [2.05, 4.69) is 50.4 Å². The van der Waals surface area contributed by atoms with E-state index in [1.54, 1.807) is 6.08 Å². The molecule has 0 bridgehead atoms. The third kappa shape index (κ3) is 34.3. The number of allylic oxidation sites excluding steroid dienone is 17. The number of nitrogens with one attached hydrogen (secondary N) is 1. The maximum atomic E-state index is 13.3.